The van der Waals surface area contributed by atoms with Gasteiger partial charge in [0.2, 0.25) is 5.91 Å². The van der Waals surface area contributed by atoms with Crippen molar-refractivity contribution in [3.8, 4) is 0 Å². The summed E-state index contributed by atoms with van der Waals surface area (Å²) in [5, 5.41) is 3.64. The zero-order valence-electron chi connectivity index (χ0n) is 12.1. The molecule has 1 aliphatic rings. The maximum absolute atomic E-state index is 12.3. The molecule has 0 aliphatic carbocycles. The molecule has 1 heterocycles. The highest BCUT2D eigenvalue weighted by Crippen LogP contribution is 2.16. The Labute approximate surface area is 126 Å². The van der Waals surface area contributed by atoms with Crippen molar-refractivity contribution >= 4 is 23.2 Å². The SMILES string of the molecule is C[C@@H](C(=O)Nc1ccc(Cl)cc1)N1CCCCCCC1. The van der Waals surface area contributed by atoms with Crippen LogP contribution >= 0.6 is 11.6 Å². The molecule has 1 N–H and O–H groups in total. The number of carbonyl (C=O) groups is 1. The summed E-state index contributed by atoms with van der Waals surface area (Å²) in [4.78, 5) is 14.6. The van der Waals surface area contributed by atoms with Gasteiger partial charge in [0, 0.05) is 10.7 Å². The van der Waals surface area contributed by atoms with Crippen LogP contribution < -0.4 is 5.32 Å². The Kier molecular flexibility index (Phi) is 5.86. The number of halogens is 1. The third kappa shape index (κ3) is 4.50. The molecule has 1 saturated heterocycles. The van der Waals surface area contributed by atoms with E-state index in [1.807, 2.05) is 19.1 Å². The monoisotopic (exact) mass is 294 g/mol. The summed E-state index contributed by atoms with van der Waals surface area (Å²) < 4.78 is 0. The van der Waals surface area contributed by atoms with Gasteiger partial charge in [-0.3, -0.25) is 9.69 Å². The molecule has 0 radical (unpaired) electrons. The van der Waals surface area contributed by atoms with E-state index < -0.39 is 0 Å². The molecule has 3 nitrogen and oxygen atoms in total. The second-order valence-corrected chi connectivity index (χ2v) is 5.91. The van der Waals surface area contributed by atoms with Crippen molar-refractivity contribution in [2.75, 3.05) is 18.4 Å². The van der Waals surface area contributed by atoms with Gasteiger partial charge in [0.25, 0.3) is 0 Å². The van der Waals surface area contributed by atoms with Crippen LogP contribution in [0.1, 0.15) is 39.0 Å². The Hall–Kier alpha value is -1.06. The van der Waals surface area contributed by atoms with E-state index in [-0.39, 0.29) is 11.9 Å². The van der Waals surface area contributed by atoms with Gasteiger partial charge in [0.15, 0.2) is 0 Å². The van der Waals surface area contributed by atoms with Gasteiger partial charge >= 0.3 is 0 Å². The summed E-state index contributed by atoms with van der Waals surface area (Å²) in [6, 6.07) is 7.17. The average Bonchev–Trinajstić information content (AvgIpc) is 2.40. The standard InChI is InChI=1S/C16H23ClN2O/c1-13(19-11-5-3-2-4-6-12-19)16(20)18-15-9-7-14(17)8-10-15/h7-10,13H,2-6,11-12H2,1H3,(H,18,20)/t13-/m0/s1. The van der Waals surface area contributed by atoms with E-state index in [0.29, 0.717) is 5.02 Å². The summed E-state index contributed by atoms with van der Waals surface area (Å²) in [7, 11) is 0. The normalized spacial score (nSPS) is 18.9. The Bertz CT molecular complexity index is 425. The van der Waals surface area contributed by atoms with Crippen molar-refractivity contribution in [3.05, 3.63) is 29.3 Å². The van der Waals surface area contributed by atoms with Gasteiger partial charge in [-0.2, -0.15) is 0 Å². The first-order valence-electron chi connectivity index (χ1n) is 7.47. The van der Waals surface area contributed by atoms with Crippen molar-refractivity contribution in [2.45, 2.75) is 45.1 Å². The molecule has 0 saturated carbocycles. The molecule has 0 unspecified atom stereocenters. The molecule has 2 rings (SSSR count). The van der Waals surface area contributed by atoms with Gasteiger partial charge in [0.1, 0.15) is 0 Å². The van der Waals surface area contributed by atoms with Crippen molar-refractivity contribution in [1.29, 1.82) is 0 Å². The van der Waals surface area contributed by atoms with E-state index in [0.717, 1.165) is 18.8 Å². The van der Waals surface area contributed by atoms with Crippen LogP contribution in [0.5, 0.6) is 0 Å². The smallest absolute Gasteiger partial charge is 0.241 e. The van der Waals surface area contributed by atoms with Gasteiger partial charge in [-0.25, -0.2) is 0 Å². The predicted octanol–water partition coefficient (Wildman–Crippen LogP) is 3.93. The van der Waals surface area contributed by atoms with Crippen LogP contribution in [0.15, 0.2) is 24.3 Å². The lowest BCUT2D eigenvalue weighted by Crippen LogP contribution is -2.43. The molecule has 1 aromatic carbocycles. The number of benzene rings is 1. The lowest BCUT2D eigenvalue weighted by atomic mass is 10.1. The first kappa shape index (κ1) is 15.3. The Morgan fingerprint density at radius 1 is 1.10 bits per heavy atom. The molecule has 110 valence electrons. The number of anilines is 1. The number of nitrogens with one attached hydrogen (secondary N) is 1. The summed E-state index contributed by atoms with van der Waals surface area (Å²) >= 11 is 5.85. The predicted molar refractivity (Wildman–Crippen MR) is 84.2 cm³/mol. The maximum atomic E-state index is 12.3. The van der Waals surface area contributed by atoms with Crippen LogP contribution in [0.25, 0.3) is 0 Å². The number of hydrogen-bond donors (Lipinski definition) is 1. The summed E-state index contributed by atoms with van der Waals surface area (Å²) in [5.41, 5.74) is 0.804. The molecule has 1 aromatic rings. The van der Waals surface area contributed by atoms with E-state index in [1.54, 1.807) is 12.1 Å². The Morgan fingerprint density at radius 3 is 2.25 bits per heavy atom. The first-order valence-corrected chi connectivity index (χ1v) is 7.85. The minimum absolute atomic E-state index is 0.0629. The van der Waals surface area contributed by atoms with Crippen LogP contribution in [-0.4, -0.2) is 29.9 Å². The fraction of sp³-hybridized carbons (Fsp3) is 0.562. The Balaban J connectivity index is 1.91. The first-order chi connectivity index (χ1) is 9.66. The summed E-state index contributed by atoms with van der Waals surface area (Å²) in [5.74, 6) is 0.0629. The summed E-state index contributed by atoms with van der Waals surface area (Å²) in [6.07, 6.45) is 6.28. The average molecular weight is 295 g/mol. The van der Waals surface area contributed by atoms with Gasteiger partial charge in [0.05, 0.1) is 6.04 Å². The number of nitrogens with zero attached hydrogens (tertiary/aromatic N) is 1. The van der Waals surface area contributed by atoms with Crippen molar-refractivity contribution in [3.63, 3.8) is 0 Å². The van der Waals surface area contributed by atoms with Crippen LogP contribution in [0.4, 0.5) is 5.69 Å². The van der Waals surface area contributed by atoms with Crippen molar-refractivity contribution < 1.29 is 4.79 Å². The fourth-order valence-electron chi connectivity index (χ4n) is 2.60. The topological polar surface area (TPSA) is 32.3 Å². The molecule has 0 bridgehead atoms. The van der Waals surface area contributed by atoms with Crippen LogP contribution in [-0.2, 0) is 4.79 Å². The lowest BCUT2D eigenvalue weighted by Gasteiger charge is -2.29. The number of likely N-dealkylation sites (tertiary alicyclic amines) is 1. The highest BCUT2D eigenvalue weighted by Gasteiger charge is 2.21. The molecular formula is C16H23ClN2O. The highest BCUT2D eigenvalue weighted by molar-refractivity contribution is 6.30. The molecule has 1 fully saturated rings. The van der Waals surface area contributed by atoms with E-state index >= 15 is 0 Å². The number of carbonyl (C=O) groups excluding carboxylic acids is 1. The van der Waals surface area contributed by atoms with Gasteiger partial charge in [-0.05, 0) is 57.1 Å². The van der Waals surface area contributed by atoms with Crippen LogP contribution in [0.3, 0.4) is 0 Å². The largest absolute Gasteiger partial charge is 0.325 e. The third-order valence-corrected chi connectivity index (χ3v) is 4.18. The second-order valence-electron chi connectivity index (χ2n) is 5.48. The van der Waals surface area contributed by atoms with Crippen molar-refractivity contribution in [1.82, 2.24) is 4.90 Å². The molecule has 20 heavy (non-hydrogen) atoms. The molecule has 4 heteroatoms. The van der Waals surface area contributed by atoms with E-state index in [4.69, 9.17) is 11.6 Å². The molecule has 1 amide bonds. The minimum atomic E-state index is -0.0798. The number of amides is 1. The molecule has 0 aromatic heterocycles. The Morgan fingerprint density at radius 2 is 1.65 bits per heavy atom. The minimum Gasteiger partial charge on any atom is -0.325 e. The molecule has 1 atom stereocenters. The lowest BCUT2D eigenvalue weighted by molar-refractivity contribution is -0.120. The zero-order valence-corrected chi connectivity index (χ0v) is 12.8. The molecular weight excluding hydrogens is 272 g/mol. The summed E-state index contributed by atoms with van der Waals surface area (Å²) in [6.45, 7) is 4.04. The maximum Gasteiger partial charge on any atom is 0.241 e. The van der Waals surface area contributed by atoms with E-state index in [2.05, 4.69) is 10.2 Å². The van der Waals surface area contributed by atoms with Gasteiger partial charge in [-0.1, -0.05) is 30.9 Å². The molecule has 0 spiro atoms. The fourth-order valence-corrected chi connectivity index (χ4v) is 2.73. The molecule has 1 aliphatic heterocycles. The zero-order chi connectivity index (χ0) is 14.4. The van der Waals surface area contributed by atoms with Crippen LogP contribution in [0.2, 0.25) is 5.02 Å². The quantitative estimate of drug-likeness (QED) is 0.916. The number of hydrogen-bond acceptors (Lipinski definition) is 2. The van der Waals surface area contributed by atoms with Crippen molar-refractivity contribution in [2.24, 2.45) is 0 Å². The van der Waals surface area contributed by atoms with Gasteiger partial charge in [-0.15, -0.1) is 0 Å². The van der Waals surface area contributed by atoms with E-state index in [9.17, 15) is 4.79 Å². The van der Waals surface area contributed by atoms with Crippen LogP contribution in [0, 0.1) is 0 Å². The third-order valence-electron chi connectivity index (χ3n) is 3.93. The van der Waals surface area contributed by atoms with E-state index in [1.165, 1.54) is 32.1 Å². The van der Waals surface area contributed by atoms with Gasteiger partial charge < -0.3 is 5.32 Å². The number of rotatable bonds is 3. The highest BCUT2D eigenvalue weighted by atomic mass is 35.5. The second kappa shape index (κ2) is 7.65.